The van der Waals surface area contributed by atoms with Crippen LogP contribution < -0.4 is 0 Å². The average molecular weight is 209 g/mol. The molecule has 1 atom stereocenters. The molecule has 0 aliphatic heterocycles. The molecular weight excluding hydrogens is 194 g/mol. The summed E-state index contributed by atoms with van der Waals surface area (Å²) < 4.78 is 1.50. The molecule has 3 nitrogen and oxygen atoms in total. The Morgan fingerprint density at radius 2 is 2.00 bits per heavy atom. The van der Waals surface area contributed by atoms with Gasteiger partial charge in [-0.1, -0.05) is 12.8 Å². The lowest BCUT2D eigenvalue weighted by Crippen LogP contribution is -2.46. The lowest BCUT2D eigenvalue weighted by atomic mass is 10.1. The fourth-order valence-corrected chi connectivity index (χ4v) is 1.36. The van der Waals surface area contributed by atoms with E-state index in [1.54, 1.807) is 0 Å². The van der Waals surface area contributed by atoms with Crippen molar-refractivity contribution in [2.45, 2.75) is 32.4 Å². The molecule has 0 unspecified atom stereocenters. The van der Waals surface area contributed by atoms with Crippen LogP contribution in [0.4, 0.5) is 0 Å². The summed E-state index contributed by atoms with van der Waals surface area (Å²) in [6, 6.07) is -0.642. The summed E-state index contributed by atoms with van der Waals surface area (Å²) in [7, 11) is 0. The van der Waals surface area contributed by atoms with Gasteiger partial charge in [0.2, 0.25) is 0 Å². The first-order valence-electron chi connectivity index (χ1n) is 3.62. The van der Waals surface area contributed by atoms with Crippen molar-refractivity contribution in [2.75, 3.05) is 5.75 Å². The highest BCUT2D eigenvalue weighted by Crippen LogP contribution is 2.20. The third-order valence-electron chi connectivity index (χ3n) is 1.44. The van der Waals surface area contributed by atoms with Crippen molar-refractivity contribution in [1.29, 1.82) is 0 Å². The molecule has 0 rings (SSSR count). The van der Waals surface area contributed by atoms with E-state index in [-0.39, 0.29) is 11.3 Å². The van der Waals surface area contributed by atoms with Crippen molar-refractivity contribution in [3.63, 3.8) is 0 Å². The highest BCUT2D eigenvalue weighted by Gasteiger charge is 2.30. The van der Waals surface area contributed by atoms with Crippen LogP contribution in [-0.4, -0.2) is 32.7 Å². The van der Waals surface area contributed by atoms with Gasteiger partial charge < -0.3 is 5.11 Å². The number of hydrogen-bond donors (Lipinski definition) is 3. The third-order valence-corrected chi connectivity index (χ3v) is 2.67. The topological polar surface area (TPSA) is 40.5 Å². The van der Waals surface area contributed by atoms with Gasteiger partial charge in [0.15, 0.2) is 0 Å². The second-order valence-electron chi connectivity index (χ2n) is 3.55. The van der Waals surface area contributed by atoms with E-state index in [4.69, 9.17) is 5.11 Å². The van der Waals surface area contributed by atoms with E-state index in [0.717, 1.165) is 0 Å². The minimum absolute atomic E-state index is 0.260. The van der Waals surface area contributed by atoms with Crippen LogP contribution in [0.2, 0.25) is 0 Å². The van der Waals surface area contributed by atoms with E-state index in [9.17, 15) is 4.79 Å². The number of rotatable bonds is 3. The van der Waals surface area contributed by atoms with Crippen LogP contribution in [0.3, 0.4) is 0 Å². The van der Waals surface area contributed by atoms with Gasteiger partial charge in [0, 0.05) is 11.3 Å². The lowest BCUT2D eigenvalue weighted by Gasteiger charge is -2.34. The molecule has 0 amide bonds. The summed E-state index contributed by atoms with van der Waals surface area (Å²) in [5.41, 5.74) is -0.269. The zero-order valence-electron chi connectivity index (χ0n) is 7.48. The Hall–Kier alpha value is 0.130. The number of carbonyl (C=O) groups is 1. The quantitative estimate of drug-likeness (QED) is 0.614. The van der Waals surface area contributed by atoms with Gasteiger partial charge in [-0.15, -0.1) is 0 Å². The SMILES string of the molecule is CC(C)(C)N(S)[C@H](CS)C(=O)O. The van der Waals surface area contributed by atoms with Crippen LogP contribution >= 0.6 is 25.4 Å². The van der Waals surface area contributed by atoms with E-state index >= 15 is 0 Å². The fourth-order valence-electron chi connectivity index (χ4n) is 0.728. The largest absolute Gasteiger partial charge is 0.480 e. The Bertz CT molecular complexity index is 167. The average Bonchev–Trinajstić information content (AvgIpc) is 1.86. The monoisotopic (exact) mass is 209 g/mol. The van der Waals surface area contributed by atoms with Crippen molar-refractivity contribution in [3.8, 4) is 0 Å². The normalized spacial score (nSPS) is 14.8. The van der Waals surface area contributed by atoms with Gasteiger partial charge in [-0.05, 0) is 20.8 Å². The van der Waals surface area contributed by atoms with Gasteiger partial charge in [0.05, 0.1) is 0 Å². The molecule has 0 heterocycles. The van der Waals surface area contributed by atoms with Gasteiger partial charge in [-0.3, -0.25) is 4.79 Å². The predicted molar refractivity (Wildman–Crippen MR) is 55.9 cm³/mol. The Morgan fingerprint density at radius 1 is 1.58 bits per heavy atom. The molecule has 0 aromatic heterocycles. The maximum absolute atomic E-state index is 10.7. The molecule has 0 saturated heterocycles. The number of nitrogens with zero attached hydrogens (tertiary/aromatic N) is 1. The van der Waals surface area contributed by atoms with Crippen LogP contribution in [-0.2, 0) is 4.79 Å². The van der Waals surface area contributed by atoms with Crippen LogP contribution in [0.5, 0.6) is 0 Å². The Labute approximate surface area is 84.1 Å². The van der Waals surface area contributed by atoms with Crippen LogP contribution in [0.1, 0.15) is 20.8 Å². The lowest BCUT2D eigenvalue weighted by molar-refractivity contribution is -0.141. The number of aliphatic carboxylic acids is 1. The van der Waals surface area contributed by atoms with Gasteiger partial charge in [0.1, 0.15) is 6.04 Å². The first-order valence-corrected chi connectivity index (χ1v) is 4.66. The van der Waals surface area contributed by atoms with E-state index in [1.807, 2.05) is 20.8 Å². The molecule has 1 N–H and O–H groups in total. The maximum atomic E-state index is 10.7. The molecular formula is C7H15NO2S2. The molecule has 12 heavy (non-hydrogen) atoms. The van der Waals surface area contributed by atoms with Crippen molar-refractivity contribution >= 4 is 31.4 Å². The van der Waals surface area contributed by atoms with E-state index in [1.165, 1.54) is 4.31 Å². The molecule has 72 valence electrons. The zero-order valence-corrected chi connectivity index (χ0v) is 9.27. The number of carboxylic acid groups (broad SMARTS) is 1. The first kappa shape index (κ1) is 12.1. The highest BCUT2D eigenvalue weighted by atomic mass is 32.1. The minimum atomic E-state index is -0.894. The summed E-state index contributed by atoms with van der Waals surface area (Å²) in [5, 5.41) is 8.77. The Balaban J connectivity index is 4.42. The number of hydrogen-bond acceptors (Lipinski definition) is 4. The van der Waals surface area contributed by atoms with Gasteiger partial charge in [-0.25, -0.2) is 4.31 Å². The summed E-state index contributed by atoms with van der Waals surface area (Å²) in [6.07, 6.45) is 0. The van der Waals surface area contributed by atoms with Gasteiger partial charge in [-0.2, -0.15) is 12.6 Å². The molecule has 0 aromatic carbocycles. The number of thiol groups is 2. The van der Waals surface area contributed by atoms with Crippen LogP contribution in [0.15, 0.2) is 0 Å². The highest BCUT2D eigenvalue weighted by molar-refractivity contribution is 7.80. The summed E-state index contributed by atoms with van der Waals surface area (Å²) in [5.74, 6) is -0.634. The predicted octanol–water partition coefficient (Wildman–Crippen LogP) is 1.31. The molecule has 0 fully saturated rings. The summed E-state index contributed by atoms with van der Waals surface area (Å²) >= 11 is 8.08. The van der Waals surface area contributed by atoms with Crippen LogP contribution in [0.25, 0.3) is 0 Å². The number of carboxylic acids is 1. The maximum Gasteiger partial charge on any atom is 0.322 e. The molecule has 0 saturated carbocycles. The Morgan fingerprint density at radius 3 is 2.08 bits per heavy atom. The summed E-state index contributed by atoms with van der Waals surface area (Å²) in [4.78, 5) is 10.7. The van der Waals surface area contributed by atoms with E-state index < -0.39 is 12.0 Å². The molecule has 0 aliphatic rings. The molecule has 0 aliphatic carbocycles. The minimum Gasteiger partial charge on any atom is -0.480 e. The first-order chi connectivity index (χ1) is 5.30. The smallest absolute Gasteiger partial charge is 0.322 e. The fraction of sp³-hybridized carbons (Fsp3) is 0.857. The van der Waals surface area contributed by atoms with Crippen molar-refractivity contribution in [2.24, 2.45) is 0 Å². The van der Waals surface area contributed by atoms with Crippen molar-refractivity contribution in [1.82, 2.24) is 4.31 Å². The second kappa shape index (κ2) is 4.39. The van der Waals surface area contributed by atoms with Gasteiger partial charge >= 0.3 is 5.97 Å². The Kier molecular flexibility index (Phi) is 4.44. The third kappa shape index (κ3) is 3.25. The van der Waals surface area contributed by atoms with Crippen molar-refractivity contribution in [3.05, 3.63) is 0 Å². The zero-order chi connectivity index (χ0) is 9.94. The molecule has 5 heteroatoms. The summed E-state index contributed by atoms with van der Waals surface area (Å²) in [6.45, 7) is 5.71. The van der Waals surface area contributed by atoms with Crippen LogP contribution in [0, 0.1) is 0 Å². The standard InChI is InChI=1S/C7H15NO2S2/c1-7(2,3)8(12)5(4-11)6(9)10/h5,11-12H,4H2,1-3H3,(H,9,10)/t5-/m1/s1. The molecule has 0 spiro atoms. The second-order valence-corrected chi connectivity index (χ2v) is 4.35. The van der Waals surface area contributed by atoms with E-state index in [0.29, 0.717) is 0 Å². The molecule has 0 radical (unpaired) electrons. The molecule has 0 bridgehead atoms. The molecule has 0 aromatic rings. The van der Waals surface area contributed by atoms with Crippen molar-refractivity contribution < 1.29 is 9.90 Å². The van der Waals surface area contributed by atoms with Gasteiger partial charge in [0.25, 0.3) is 0 Å². The van der Waals surface area contributed by atoms with E-state index in [2.05, 4.69) is 25.4 Å².